The van der Waals surface area contributed by atoms with Crippen LogP contribution in [0.5, 0.6) is 0 Å². The van der Waals surface area contributed by atoms with Crippen LogP contribution in [-0.4, -0.2) is 295 Å². The average Bonchev–Trinajstić information content (AvgIpc) is 1.58. The van der Waals surface area contributed by atoms with Crippen LogP contribution in [0.25, 0.3) is 65.4 Å². The Balaban J connectivity index is 0.000000166. The van der Waals surface area contributed by atoms with Gasteiger partial charge in [0.2, 0.25) is 0 Å². The minimum absolute atomic E-state index is 0.00893. The van der Waals surface area contributed by atoms with Crippen molar-refractivity contribution in [2.75, 3.05) is 163 Å². The Morgan fingerprint density at radius 2 is 0.492 bits per heavy atom. The Labute approximate surface area is 795 Å². The first-order valence-electron chi connectivity index (χ1n) is 60.6. The number of fused-ring (bicyclic) bond motifs is 6. The van der Waals surface area contributed by atoms with Gasteiger partial charge < -0.3 is 120 Å². The van der Waals surface area contributed by atoms with E-state index in [4.69, 9.17) is 86.0 Å². The summed E-state index contributed by atoms with van der Waals surface area (Å²) in [5.41, 5.74) is 7.82. The SMILES string of the molecule is [2H]C([2H])(CN(C([2H])([2H])[2H])C([2H])([2H])[2H])c1c[nH]c2ccc(C([2H])([2H])[C@H]3COC(=O)N3)cc12.[2H]C([2H])(CN(C)C([2H])([2H])[2H])c1c[nH]c2ccc(C([2H])([2H])[C@H]3COC(=O)N3)cc12.[2H]C([2H])(CN(C)C)c1c[nH]c2ccc(C([2H])([2H])[C@H]3COC(=O)N3)cc12.[2H]C([2H])(c1ccc2[nH]cc(CC([2H])([2H])N(C([2H])([2H])[2H])C([2H])([2H])[2H])c2c1)[C@H]1COC(=O)N1.[2H]C([2H])(c1ccc2[nH]cc(CC([2H])([2H])N(C)C([2H])([2H])[2H])c2c1)[C@H]1COC(=O)N1.[2H]C([2H])(c1ccc2[nH]cc(CC([2H])([2H])N(C)C)c2c1)[C@H]1COC(=O)N1. The van der Waals surface area contributed by atoms with Gasteiger partial charge in [-0.2, -0.15) is 0 Å². The highest BCUT2D eigenvalue weighted by Crippen LogP contribution is 2.29. The number of aromatic nitrogens is 6. The summed E-state index contributed by atoms with van der Waals surface area (Å²) in [6, 6.07) is 23.7. The Bertz CT molecular complexity index is 7600. The number of nitrogens with zero attached hydrogens (tertiary/aromatic N) is 6. The predicted octanol–water partition coefficient (Wildman–Crippen LogP) is 11.5. The number of hydrogen-bond acceptors (Lipinski definition) is 18. The molecule has 0 radical (unpaired) electrons. The van der Waals surface area contributed by atoms with Gasteiger partial charge in [0.1, 0.15) is 39.6 Å². The minimum Gasteiger partial charge on any atom is -0.447 e. The van der Waals surface area contributed by atoms with Crippen LogP contribution in [0.1, 0.15) is 124 Å². The van der Waals surface area contributed by atoms with Gasteiger partial charge in [-0.25, -0.2) is 28.8 Å². The number of rotatable bonds is 30. The average molecular weight is 1770 g/mol. The molecule has 126 heavy (non-hydrogen) atoms. The van der Waals surface area contributed by atoms with Crippen LogP contribution in [0.4, 0.5) is 28.8 Å². The number of likely N-dealkylation sites (N-methyl/N-ethyl adjacent to an activating group) is 6. The zero-order chi connectivity index (χ0) is 125. The van der Waals surface area contributed by atoms with E-state index in [9.17, 15) is 28.8 Å². The summed E-state index contributed by atoms with van der Waals surface area (Å²) in [7, 11) is 9.50. The van der Waals surface area contributed by atoms with Crippen LogP contribution in [0.2, 0.25) is 0 Å². The van der Waals surface area contributed by atoms with Gasteiger partial charge >= 0.3 is 36.6 Å². The molecule has 18 rings (SSSR count). The molecule has 30 nitrogen and oxygen atoms in total. The second-order valence-electron chi connectivity index (χ2n) is 29.8. The predicted molar refractivity (Wildman–Crippen MR) is 495 cm³/mol. The molecular formula is C96H126N18O12. The number of amides is 6. The number of ether oxygens (including phenoxy) is 6. The molecule has 6 fully saturated rings. The lowest BCUT2D eigenvalue weighted by Crippen LogP contribution is -2.28. The zero-order valence-electron chi connectivity index (χ0n) is 111. The van der Waals surface area contributed by atoms with Crippen molar-refractivity contribution >= 4 is 102 Å². The molecule has 0 aliphatic carbocycles. The number of carbonyl (C=O) groups is 6. The second-order valence-corrected chi connectivity index (χ2v) is 29.8. The lowest BCUT2D eigenvalue weighted by atomic mass is 10.0. The summed E-state index contributed by atoms with van der Waals surface area (Å²) in [5.74, 6) is 0. The monoisotopic (exact) mass is 1770 g/mol. The van der Waals surface area contributed by atoms with Crippen molar-refractivity contribution in [1.29, 1.82) is 0 Å². The van der Waals surface area contributed by atoms with Crippen molar-refractivity contribution in [1.82, 2.24) is 91.2 Å². The number of cyclic esters (lactones) is 6. The van der Waals surface area contributed by atoms with E-state index >= 15 is 0 Å². The van der Waals surface area contributed by atoms with E-state index in [0.29, 0.717) is 76.3 Å². The van der Waals surface area contributed by atoms with E-state index in [1.165, 1.54) is 74.0 Å². The van der Waals surface area contributed by atoms with Crippen molar-refractivity contribution in [3.05, 3.63) is 213 Å². The smallest absolute Gasteiger partial charge is 0.407 e. The lowest BCUT2D eigenvalue weighted by Gasteiger charge is -2.09. The van der Waals surface area contributed by atoms with Crippen LogP contribution < -0.4 is 31.9 Å². The van der Waals surface area contributed by atoms with Crippen molar-refractivity contribution in [3.8, 4) is 0 Å². The van der Waals surface area contributed by atoms with E-state index in [1.807, 2.05) is 0 Å². The summed E-state index contributed by atoms with van der Waals surface area (Å²) < 4.78 is 363. The van der Waals surface area contributed by atoms with Crippen LogP contribution in [0.3, 0.4) is 0 Å². The first-order chi connectivity index (χ1) is 76.9. The van der Waals surface area contributed by atoms with E-state index < -0.39 is 204 Å². The fraction of sp³-hybridized carbons (Fsp3) is 0.438. The molecule has 12 aromatic rings. The Kier molecular flexibility index (Phi) is 17.9. The Morgan fingerprint density at radius 1 is 0.278 bits per heavy atom. The molecule has 0 bridgehead atoms. The highest BCUT2D eigenvalue weighted by Gasteiger charge is 2.29. The summed E-state index contributed by atoms with van der Waals surface area (Å²) in [5, 5.41) is 17.8. The number of nitrogens with one attached hydrogen (secondary N) is 12. The van der Waals surface area contributed by atoms with Crippen LogP contribution >= 0.6 is 0 Å². The van der Waals surface area contributed by atoms with E-state index in [2.05, 4.69) is 61.8 Å². The second kappa shape index (κ2) is 43.7. The minimum atomic E-state index is -3.20. The summed E-state index contributed by atoms with van der Waals surface area (Å²) >= 11 is 0. The fourth-order valence-corrected chi connectivity index (χ4v) is 13.5. The van der Waals surface area contributed by atoms with Crippen molar-refractivity contribution < 1.29 is 115 Å². The van der Waals surface area contributed by atoms with Crippen molar-refractivity contribution in [2.45, 2.75) is 113 Å². The highest BCUT2D eigenvalue weighted by molar-refractivity contribution is 5.88. The third-order valence-corrected chi connectivity index (χ3v) is 19.5. The van der Waals surface area contributed by atoms with Gasteiger partial charge in [-0.1, -0.05) is 36.4 Å². The zero-order valence-corrected chi connectivity index (χ0v) is 69.4. The molecule has 6 saturated heterocycles. The number of aromatic amines is 6. The van der Waals surface area contributed by atoms with Gasteiger partial charge in [-0.05, 0) is 300 Å². The van der Waals surface area contributed by atoms with Gasteiger partial charge in [-0.15, -0.1) is 0 Å². The van der Waals surface area contributed by atoms with Gasteiger partial charge in [0.25, 0.3) is 0 Å². The molecule has 0 unspecified atom stereocenters. The third kappa shape index (κ3) is 26.5. The summed E-state index contributed by atoms with van der Waals surface area (Å²) in [4.78, 5) is 90.4. The normalized spacial score (nSPS) is 25.1. The lowest BCUT2D eigenvalue weighted by molar-refractivity contribution is 0.176. The molecule has 6 amide bonds. The first kappa shape index (κ1) is 51.5. The van der Waals surface area contributed by atoms with Crippen molar-refractivity contribution in [3.63, 3.8) is 0 Å². The first-order valence-corrected chi connectivity index (χ1v) is 39.6. The summed E-state index contributed by atoms with van der Waals surface area (Å²) in [6.07, 6.45) is -12.9. The number of carbonyl (C=O) groups excluding carboxylic acids is 6. The Morgan fingerprint density at radius 3 is 0.714 bits per heavy atom. The Hall–Kier alpha value is -12.1. The molecule has 6 aliphatic rings. The molecule has 0 spiro atoms. The van der Waals surface area contributed by atoms with Crippen molar-refractivity contribution in [2.24, 2.45) is 0 Å². The molecular weight excluding hydrogens is 1600 g/mol. The molecule has 30 heteroatoms. The van der Waals surface area contributed by atoms with E-state index in [0.717, 1.165) is 26.9 Å². The number of aryl methyl sites for hydroxylation is 3. The largest absolute Gasteiger partial charge is 0.447 e. The standard InChI is InChI=1S/6C16H21N3O2/c6*1-19(2)6-5-12-9-17-15-4-3-11(8-14(12)15)7-13-10-21-16(20)18-13/h6*3-4,8-9,13,17H,5-7,10H2,1-2H3,(H,18,20)/t6*13-/m000000/s1/i1D3,2D3,6D2,7D2;1D3,2D3,5D2,7D2;1D3,6D2,7D2;1D3,5D2,7D2;6D2,7D2;5D2,7D2. The number of benzene rings is 6. The van der Waals surface area contributed by atoms with Crippen LogP contribution in [-0.2, 0) is 105 Å². The van der Waals surface area contributed by atoms with Gasteiger partial charge in [-0.3, -0.25) is 0 Å². The number of alkyl carbamates (subject to hydrolysis) is 6. The molecule has 6 atom stereocenters. The van der Waals surface area contributed by atoms with E-state index in [-0.39, 0.29) is 114 Å². The summed E-state index contributed by atoms with van der Waals surface area (Å²) in [6.45, 7) is -25.6. The van der Waals surface area contributed by atoms with Crippen LogP contribution in [0.15, 0.2) is 146 Å². The quantitative estimate of drug-likeness (QED) is 0.0186. The molecule has 12 heterocycles. The molecule has 12 N–H and O–H groups in total. The van der Waals surface area contributed by atoms with Crippen LogP contribution in [0, 0.1) is 0 Å². The van der Waals surface area contributed by atoms with Gasteiger partial charge in [0.05, 0.1) is 36.3 Å². The molecule has 0 saturated carbocycles. The highest BCUT2D eigenvalue weighted by atomic mass is 16.6. The topological polar surface area (TPSA) is 344 Å². The molecule has 672 valence electrons. The maximum atomic E-state index is 11.3. The molecule has 6 aromatic heterocycles. The van der Waals surface area contributed by atoms with Gasteiger partial charge in [0.15, 0.2) is 0 Å². The van der Waals surface area contributed by atoms with E-state index in [1.54, 1.807) is 124 Å². The number of H-pyrrole nitrogens is 6. The number of hydrogen-bond donors (Lipinski definition) is 12. The molecule has 6 aliphatic heterocycles. The fourth-order valence-electron chi connectivity index (χ4n) is 13.5. The van der Waals surface area contributed by atoms with Gasteiger partial charge in [0, 0.05) is 199 Å². The third-order valence-electron chi connectivity index (χ3n) is 19.5. The molecule has 6 aromatic carbocycles. The maximum absolute atomic E-state index is 11.3. The maximum Gasteiger partial charge on any atom is 0.407 e.